The first kappa shape index (κ1) is 27.8. The molecule has 2 N–H and O–H groups in total. The monoisotopic (exact) mass is 532 g/mol. The number of hydrogen-bond donors (Lipinski definition) is 2. The van der Waals surface area contributed by atoms with E-state index in [9.17, 15) is 9.59 Å². The lowest BCUT2D eigenvalue weighted by atomic mass is 10.0. The second-order valence-corrected chi connectivity index (χ2v) is 9.54. The Hall–Kier alpha value is -5.24. The molecule has 0 aliphatic carbocycles. The Kier molecular flexibility index (Phi) is 9.04. The molecule has 0 aliphatic heterocycles. The molecule has 0 saturated heterocycles. The van der Waals surface area contributed by atoms with E-state index in [2.05, 4.69) is 21.1 Å². The maximum absolute atomic E-state index is 12.5. The average molecular weight is 533 g/mol. The van der Waals surface area contributed by atoms with Crippen LogP contribution in [0.4, 0.5) is 11.4 Å². The molecule has 0 unspecified atom stereocenters. The van der Waals surface area contributed by atoms with E-state index in [1.807, 2.05) is 111 Å². The van der Waals surface area contributed by atoms with Gasteiger partial charge in [-0.05, 0) is 89.0 Å². The molecule has 0 radical (unpaired) electrons. The van der Waals surface area contributed by atoms with Crippen molar-refractivity contribution in [3.8, 4) is 11.1 Å². The van der Waals surface area contributed by atoms with Gasteiger partial charge in [-0.25, -0.2) is 10.9 Å². The molecule has 40 heavy (non-hydrogen) atoms. The van der Waals surface area contributed by atoms with E-state index in [4.69, 9.17) is 0 Å². The molecule has 8 heteroatoms. The van der Waals surface area contributed by atoms with E-state index in [1.54, 1.807) is 36.7 Å². The van der Waals surface area contributed by atoms with Crippen LogP contribution in [0.1, 0.15) is 31.8 Å². The van der Waals surface area contributed by atoms with Crippen LogP contribution in [0.5, 0.6) is 0 Å². The molecule has 4 aromatic carbocycles. The Labute approximate surface area is 234 Å². The van der Waals surface area contributed by atoms with Gasteiger partial charge in [-0.3, -0.25) is 9.59 Å². The van der Waals surface area contributed by atoms with Gasteiger partial charge in [0.05, 0.1) is 12.4 Å². The van der Waals surface area contributed by atoms with Crippen molar-refractivity contribution >= 4 is 35.6 Å². The normalized spacial score (nSPS) is 11.0. The molecule has 0 fully saturated rings. The number of carbonyl (C=O) groups excluding carboxylic acids is 2. The highest BCUT2D eigenvalue weighted by Gasteiger charge is 2.07. The molecule has 4 aromatic rings. The van der Waals surface area contributed by atoms with Crippen LogP contribution in [0.25, 0.3) is 11.1 Å². The zero-order chi connectivity index (χ0) is 28.5. The standard InChI is InChI=1S/C32H32N6O2/c1-37(2)29-14-10-26(11-15-29)31(39)35-33-21-23-18-24(20-28(19-23)25-8-6-5-7-9-25)22-34-36-32(40)27-12-16-30(17-13-27)38(3)4/h5-22H,1-4H3,(H,35,39)(H,36,40). The van der Waals surface area contributed by atoms with Crippen LogP contribution >= 0.6 is 0 Å². The fourth-order valence-electron chi connectivity index (χ4n) is 3.90. The van der Waals surface area contributed by atoms with E-state index < -0.39 is 0 Å². The summed E-state index contributed by atoms with van der Waals surface area (Å²) >= 11 is 0. The van der Waals surface area contributed by atoms with Crippen molar-refractivity contribution < 1.29 is 9.59 Å². The van der Waals surface area contributed by atoms with Crippen molar-refractivity contribution in [1.29, 1.82) is 0 Å². The summed E-state index contributed by atoms with van der Waals surface area (Å²) in [6.07, 6.45) is 3.17. The number of anilines is 2. The predicted octanol–water partition coefficient (Wildman–Crippen LogP) is 5.01. The van der Waals surface area contributed by atoms with Gasteiger partial charge in [0, 0.05) is 50.7 Å². The summed E-state index contributed by atoms with van der Waals surface area (Å²) in [6.45, 7) is 0. The molecule has 2 amide bonds. The molecule has 0 aliphatic rings. The summed E-state index contributed by atoms with van der Waals surface area (Å²) < 4.78 is 0. The first-order valence-electron chi connectivity index (χ1n) is 12.7. The van der Waals surface area contributed by atoms with E-state index in [-0.39, 0.29) is 11.8 Å². The van der Waals surface area contributed by atoms with Gasteiger partial charge in [-0.15, -0.1) is 0 Å². The summed E-state index contributed by atoms with van der Waals surface area (Å²) in [4.78, 5) is 29.0. The Bertz CT molecular complexity index is 1420. The summed E-state index contributed by atoms with van der Waals surface area (Å²) in [5.41, 5.74) is 11.7. The molecule has 4 rings (SSSR count). The van der Waals surface area contributed by atoms with Crippen molar-refractivity contribution in [2.24, 2.45) is 10.2 Å². The predicted molar refractivity (Wildman–Crippen MR) is 164 cm³/mol. The van der Waals surface area contributed by atoms with Crippen molar-refractivity contribution in [2.75, 3.05) is 38.0 Å². The van der Waals surface area contributed by atoms with Gasteiger partial charge in [0.15, 0.2) is 0 Å². The van der Waals surface area contributed by atoms with Gasteiger partial charge in [-0.1, -0.05) is 30.3 Å². The lowest BCUT2D eigenvalue weighted by Gasteiger charge is -2.12. The SMILES string of the molecule is CN(C)c1ccc(C(=O)NN=Cc2cc(C=NNC(=O)c3ccc(N(C)C)cc3)cc(-c3ccccc3)c2)cc1. The maximum atomic E-state index is 12.5. The van der Waals surface area contributed by atoms with E-state index >= 15 is 0 Å². The minimum absolute atomic E-state index is 0.302. The first-order valence-corrected chi connectivity index (χ1v) is 12.7. The number of nitrogens with one attached hydrogen (secondary N) is 2. The third-order valence-electron chi connectivity index (χ3n) is 6.14. The maximum Gasteiger partial charge on any atom is 0.271 e. The number of carbonyl (C=O) groups is 2. The van der Waals surface area contributed by atoms with Crippen molar-refractivity contribution in [1.82, 2.24) is 10.9 Å². The van der Waals surface area contributed by atoms with Gasteiger partial charge >= 0.3 is 0 Å². The molecule has 8 nitrogen and oxygen atoms in total. The number of benzene rings is 4. The number of amides is 2. The van der Waals surface area contributed by atoms with Crippen LogP contribution in [0.2, 0.25) is 0 Å². The molecular weight excluding hydrogens is 500 g/mol. The highest BCUT2D eigenvalue weighted by Crippen LogP contribution is 2.21. The van der Waals surface area contributed by atoms with E-state index in [0.717, 1.165) is 33.6 Å². The zero-order valence-corrected chi connectivity index (χ0v) is 23.0. The Morgan fingerprint density at radius 3 is 1.40 bits per heavy atom. The van der Waals surface area contributed by atoms with Gasteiger partial charge in [-0.2, -0.15) is 10.2 Å². The summed E-state index contributed by atoms with van der Waals surface area (Å²) in [5.74, 6) is -0.604. The van der Waals surface area contributed by atoms with Gasteiger partial charge < -0.3 is 9.80 Å². The molecular formula is C32H32N6O2. The minimum Gasteiger partial charge on any atom is -0.378 e. The Balaban J connectivity index is 1.49. The third kappa shape index (κ3) is 7.41. The molecule has 0 aromatic heterocycles. The minimum atomic E-state index is -0.302. The van der Waals surface area contributed by atoms with Crippen molar-refractivity contribution in [3.63, 3.8) is 0 Å². The smallest absolute Gasteiger partial charge is 0.271 e. The largest absolute Gasteiger partial charge is 0.378 e. The fraction of sp³-hybridized carbons (Fsp3) is 0.125. The van der Waals surface area contributed by atoms with Crippen LogP contribution < -0.4 is 20.7 Å². The lowest BCUT2D eigenvalue weighted by molar-refractivity contribution is 0.0947. The zero-order valence-electron chi connectivity index (χ0n) is 23.0. The molecule has 0 saturated carbocycles. The third-order valence-corrected chi connectivity index (χ3v) is 6.14. The van der Waals surface area contributed by atoms with Crippen LogP contribution in [0.3, 0.4) is 0 Å². The Morgan fingerprint density at radius 2 is 1.00 bits per heavy atom. The topological polar surface area (TPSA) is 89.4 Å². The average Bonchev–Trinajstić information content (AvgIpc) is 2.97. The second kappa shape index (κ2) is 13.0. The molecule has 0 spiro atoms. The summed E-state index contributed by atoms with van der Waals surface area (Å²) in [7, 11) is 7.78. The number of rotatable bonds is 9. The van der Waals surface area contributed by atoms with Gasteiger partial charge in [0.25, 0.3) is 11.8 Å². The Morgan fingerprint density at radius 1 is 0.575 bits per heavy atom. The molecule has 0 bridgehead atoms. The van der Waals surface area contributed by atoms with Gasteiger partial charge in [0.2, 0.25) is 0 Å². The fourth-order valence-corrected chi connectivity index (χ4v) is 3.90. The molecule has 0 atom stereocenters. The second-order valence-electron chi connectivity index (χ2n) is 9.54. The summed E-state index contributed by atoms with van der Waals surface area (Å²) in [6, 6.07) is 30.3. The van der Waals surface area contributed by atoms with Crippen LogP contribution in [0, 0.1) is 0 Å². The van der Waals surface area contributed by atoms with Crippen LogP contribution in [0.15, 0.2) is 107 Å². The number of hydrazone groups is 2. The molecule has 202 valence electrons. The van der Waals surface area contributed by atoms with Gasteiger partial charge in [0.1, 0.15) is 0 Å². The molecule has 0 heterocycles. The number of hydrogen-bond acceptors (Lipinski definition) is 6. The number of nitrogens with zero attached hydrogens (tertiary/aromatic N) is 4. The lowest BCUT2D eigenvalue weighted by Crippen LogP contribution is -2.18. The van der Waals surface area contributed by atoms with Crippen molar-refractivity contribution in [2.45, 2.75) is 0 Å². The van der Waals surface area contributed by atoms with Crippen LogP contribution in [-0.2, 0) is 0 Å². The van der Waals surface area contributed by atoms with Crippen molar-refractivity contribution in [3.05, 3.63) is 119 Å². The highest BCUT2D eigenvalue weighted by atomic mass is 16.2. The van der Waals surface area contributed by atoms with Crippen LogP contribution in [-0.4, -0.2) is 52.4 Å². The quantitative estimate of drug-likeness (QED) is 0.234. The van der Waals surface area contributed by atoms with E-state index in [0.29, 0.717) is 11.1 Å². The first-order chi connectivity index (χ1) is 19.3. The highest BCUT2D eigenvalue weighted by molar-refractivity contribution is 5.97. The van der Waals surface area contributed by atoms with E-state index in [1.165, 1.54) is 0 Å². The summed E-state index contributed by atoms with van der Waals surface area (Å²) in [5, 5.41) is 8.33.